The van der Waals surface area contributed by atoms with Crippen LogP contribution >= 0.6 is 11.6 Å². The molecule has 0 spiro atoms. The largest absolute Gasteiger partial charge is 0.420 e. The van der Waals surface area contributed by atoms with Crippen LogP contribution in [0.15, 0.2) is 48.7 Å². The van der Waals surface area contributed by atoms with Crippen LogP contribution in [-0.2, 0) is 0 Å². The maximum atomic E-state index is 12.8. The van der Waals surface area contributed by atoms with Crippen LogP contribution in [0.3, 0.4) is 0 Å². The van der Waals surface area contributed by atoms with E-state index in [1.807, 2.05) is 18.2 Å². The van der Waals surface area contributed by atoms with Crippen LogP contribution in [-0.4, -0.2) is 41.2 Å². The molecule has 5 nitrogen and oxygen atoms in total. The van der Waals surface area contributed by atoms with Gasteiger partial charge in [0, 0.05) is 31.4 Å². The van der Waals surface area contributed by atoms with Gasteiger partial charge >= 0.3 is 6.09 Å². The van der Waals surface area contributed by atoms with Crippen LogP contribution in [0.25, 0.3) is 0 Å². The lowest BCUT2D eigenvalue weighted by molar-refractivity contribution is 0.174. The summed E-state index contributed by atoms with van der Waals surface area (Å²) in [7, 11) is 0. The Morgan fingerprint density at radius 3 is 2.23 bits per heavy atom. The van der Waals surface area contributed by atoms with E-state index in [0.717, 1.165) is 0 Å². The second-order valence-electron chi connectivity index (χ2n) is 6.59. The van der Waals surface area contributed by atoms with Gasteiger partial charge in [-0.05, 0) is 52.0 Å². The number of carbonyl (C=O) groups excluding carboxylic acids is 1. The van der Waals surface area contributed by atoms with Crippen molar-refractivity contribution < 1.29 is 9.53 Å². The minimum Gasteiger partial charge on any atom is -0.410 e. The van der Waals surface area contributed by atoms with Gasteiger partial charge in [-0.1, -0.05) is 29.8 Å². The SMILES string of the molecule is CC(C)N(CCN(C(=O)Oc1ccccc1)c1ccc(Cl)cn1)C(C)C. The number of hydrogen-bond donors (Lipinski definition) is 0. The molecule has 0 aliphatic rings. The number of hydrogen-bond acceptors (Lipinski definition) is 4. The first-order valence-electron chi connectivity index (χ1n) is 8.80. The average molecular weight is 376 g/mol. The zero-order valence-corrected chi connectivity index (χ0v) is 16.5. The van der Waals surface area contributed by atoms with Gasteiger partial charge in [-0.25, -0.2) is 9.78 Å². The fourth-order valence-electron chi connectivity index (χ4n) is 2.80. The first kappa shape index (κ1) is 20.2. The number of benzene rings is 1. The molecule has 140 valence electrons. The molecule has 0 fully saturated rings. The second kappa shape index (κ2) is 9.55. The first-order chi connectivity index (χ1) is 12.4. The Balaban J connectivity index is 2.18. The lowest BCUT2D eigenvalue weighted by atomic mass is 10.2. The van der Waals surface area contributed by atoms with E-state index in [0.29, 0.717) is 41.8 Å². The Morgan fingerprint density at radius 1 is 1.04 bits per heavy atom. The van der Waals surface area contributed by atoms with E-state index < -0.39 is 6.09 Å². The first-order valence-corrected chi connectivity index (χ1v) is 9.18. The highest BCUT2D eigenvalue weighted by atomic mass is 35.5. The Morgan fingerprint density at radius 2 is 1.69 bits per heavy atom. The maximum Gasteiger partial charge on any atom is 0.420 e. The van der Waals surface area contributed by atoms with Crippen LogP contribution in [0, 0.1) is 0 Å². The van der Waals surface area contributed by atoms with Crippen molar-refractivity contribution in [1.29, 1.82) is 0 Å². The van der Waals surface area contributed by atoms with Gasteiger partial charge in [0.05, 0.1) is 5.02 Å². The third-order valence-corrected chi connectivity index (χ3v) is 4.29. The van der Waals surface area contributed by atoms with E-state index in [4.69, 9.17) is 16.3 Å². The van der Waals surface area contributed by atoms with Crippen LogP contribution in [0.2, 0.25) is 5.02 Å². The van der Waals surface area contributed by atoms with Crippen molar-refractivity contribution in [3.05, 3.63) is 53.7 Å². The number of ether oxygens (including phenoxy) is 1. The van der Waals surface area contributed by atoms with Crippen molar-refractivity contribution in [2.24, 2.45) is 0 Å². The van der Waals surface area contributed by atoms with Crippen molar-refractivity contribution in [3.8, 4) is 5.75 Å². The molecule has 0 bridgehead atoms. The Hall–Kier alpha value is -2.11. The number of carbonyl (C=O) groups is 1. The van der Waals surface area contributed by atoms with Crippen molar-refractivity contribution in [3.63, 3.8) is 0 Å². The van der Waals surface area contributed by atoms with Crippen LogP contribution < -0.4 is 9.64 Å². The zero-order valence-electron chi connectivity index (χ0n) is 15.7. The molecule has 6 heteroatoms. The fourth-order valence-corrected chi connectivity index (χ4v) is 2.91. The average Bonchev–Trinajstić information content (AvgIpc) is 2.60. The van der Waals surface area contributed by atoms with E-state index in [1.165, 1.54) is 6.20 Å². The van der Waals surface area contributed by atoms with Crippen LogP contribution in [0.4, 0.5) is 10.6 Å². The molecule has 0 saturated carbocycles. The summed E-state index contributed by atoms with van der Waals surface area (Å²) >= 11 is 5.93. The number of aromatic nitrogens is 1. The molecule has 0 radical (unpaired) electrons. The molecule has 1 amide bonds. The third-order valence-electron chi connectivity index (χ3n) is 4.07. The number of rotatable bonds is 7. The van der Waals surface area contributed by atoms with E-state index in [2.05, 4.69) is 37.6 Å². The summed E-state index contributed by atoms with van der Waals surface area (Å²) in [5, 5.41) is 0.524. The number of para-hydroxylation sites is 1. The van der Waals surface area contributed by atoms with Crippen LogP contribution in [0.1, 0.15) is 27.7 Å². The van der Waals surface area contributed by atoms with Gasteiger partial charge in [-0.15, -0.1) is 0 Å². The molecule has 0 atom stereocenters. The monoisotopic (exact) mass is 375 g/mol. The summed E-state index contributed by atoms with van der Waals surface area (Å²) in [6.07, 6.45) is 1.07. The normalized spacial score (nSPS) is 11.2. The molecule has 0 N–H and O–H groups in total. The minimum absolute atomic E-state index is 0.375. The lowest BCUT2D eigenvalue weighted by Gasteiger charge is -2.32. The summed E-state index contributed by atoms with van der Waals surface area (Å²) < 4.78 is 5.51. The van der Waals surface area contributed by atoms with Gasteiger partial charge in [0.1, 0.15) is 11.6 Å². The summed E-state index contributed by atoms with van der Waals surface area (Å²) in [6, 6.07) is 13.2. The van der Waals surface area contributed by atoms with Gasteiger partial charge in [0.2, 0.25) is 0 Å². The van der Waals surface area contributed by atoms with E-state index in [-0.39, 0.29) is 0 Å². The number of halogens is 1. The number of anilines is 1. The molecule has 0 saturated heterocycles. The number of amides is 1. The van der Waals surface area contributed by atoms with Gasteiger partial charge in [-0.2, -0.15) is 0 Å². The molecule has 1 heterocycles. The quantitative estimate of drug-likeness (QED) is 0.693. The van der Waals surface area contributed by atoms with E-state index >= 15 is 0 Å². The van der Waals surface area contributed by atoms with Crippen molar-refractivity contribution in [2.75, 3.05) is 18.0 Å². The van der Waals surface area contributed by atoms with Crippen molar-refractivity contribution >= 4 is 23.5 Å². The maximum absolute atomic E-state index is 12.8. The van der Waals surface area contributed by atoms with E-state index in [9.17, 15) is 4.79 Å². The highest BCUT2D eigenvalue weighted by Gasteiger charge is 2.22. The molecule has 26 heavy (non-hydrogen) atoms. The fraction of sp³-hybridized carbons (Fsp3) is 0.400. The minimum atomic E-state index is -0.460. The molecular weight excluding hydrogens is 350 g/mol. The van der Waals surface area contributed by atoms with Gasteiger partial charge < -0.3 is 4.74 Å². The molecule has 2 aromatic rings. The summed E-state index contributed by atoms with van der Waals surface area (Å²) in [5.74, 6) is 1.02. The second-order valence-corrected chi connectivity index (χ2v) is 7.03. The Bertz CT molecular complexity index is 682. The molecule has 2 rings (SSSR count). The summed E-state index contributed by atoms with van der Waals surface area (Å²) in [5.41, 5.74) is 0. The lowest BCUT2D eigenvalue weighted by Crippen LogP contribution is -2.45. The number of nitrogens with zero attached hydrogens (tertiary/aromatic N) is 3. The summed E-state index contributed by atoms with van der Waals surface area (Å²) in [4.78, 5) is 20.9. The topological polar surface area (TPSA) is 45.7 Å². The Labute approximate surface area is 160 Å². The Kier molecular flexibility index (Phi) is 7.42. The standard InChI is InChI=1S/C20H26ClN3O2/c1-15(2)23(16(3)4)12-13-24(19-11-10-17(21)14-22-19)20(25)26-18-8-6-5-7-9-18/h5-11,14-16H,12-13H2,1-4H3. The highest BCUT2D eigenvalue weighted by molar-refractivity contribution is 6.30. The molecule has 0 aliphatic heterocycles. The van der Waals surface area contributed by atoms with Gasteiger partial charge in [0.15, 0.2) is 0 Å². The van der Waals surface area contributed by atoms with Crippen molar-refractivity contribution in [1.82, 2.24) is 9.88 Å². The smallest absolute Gasteiger partial charge is 0.410 e. The zero-order chi connectivity index (χ0) is 19.1. The molecule has 1 aromatic carbocycles. The predicted molar refractivity (Wildman–Crippen MR) is 106 cm³/mol. The van der Waals surface area contributed by atoms with Gasteiger partial charge in [0.25, 0.3) is 0 Å². The predicted octanol–water partition coefficient (Wildman–Crippen LogP) is 4.86. The van der Waals surface area contributed by atoms with Gasteiger partial charge in [-0.3, -0.25) is 9.80 Å². The van der Waals surface area contributed by atoms with Crippen molar-refractivity contribution in [2.45, 2.75) is 39.8 Å². The highest BCUT2D eigenvalue weighted by Crippen LogP contribution is 2.18. The number of pyridine rings is 1. The third kappa shape index (κ3) is 5.71. The molecule has 0 aliphatic carbocycles. The molecule has 0 unspecified atom stereocenters. The summed E-state index contributed by atoms with van der Waals surface area (Å²) in [6.45, 7) is 9.76. The van der Waals surface area contributed by atoms with Crippen LogP contribution in [0.5, 0.6) is 5.75 Å². The molecule has 1 aromatic heterocycles. The molecular formula is C20H26ClN3O2. The van der Waals surface area contributed by atoms with E-state index in [1.54, 1.807) is 29.2 Å².